The number of hydrogen-bond acceptors (Lipinski definition) is 0. The molecule has 0 aliphatic rings. The fraction of sp³-hybridized carbons (Fsp3) is 0.200. The van der Waals surface area contributed by atoms with E-state index in [1.807, 2.05) is 12.1 Å². The minimum Gasteiger partial charge on any atom is -0.207 e. The number of hydrogen-bond donors (Lipinski definition) is 0. The Morgan fingerprint density at radius 3 is 2.44 bits per heavy atom. The normalized spacial score (nSPS) is 12.4. The summed E-state index contributed by atoms with van der Waals surface area (Å²) < 4.78 is 14.0. The average molecular weight is 328 g/mol. The summed E-state index contributed by atoms with van der Waals surface area (Å²) >= 11 is 9.48. The Bertz CT molecular complexity index is 510. The van der Waals surface area contributed by atoms with E-state index in [-0.39, 0.29) is 11.7 Å². The van der Waals surface area contributed by atoms with Crippen molar-refractivity contribution in [1.82, 2.24) is 0 Å². The minimum atomic E-state index is -0.213. The molecule has 0 amide bonds. The molecule has 0 aliphatic heterocycles. The van der Waals surface area contributed by atoms with Gasteiger partial charge in [-0.25, -0.2) is 4.39 Å². The molecule has 94 valence electrons. The Morgan fingerprint density at radius 2 is 1.83 bits per heavy atom. The largest absolute Gasteiger partial charge is 0.207 e. The van der Waals surface area contributed by atoms with Gasteiger partial charge < -0.3 is 0 Å². The molecule has 0 fully saturated rings. The molecule has 0 heterocycles. The highest BCUT2D eigenvalue weighted by molar-refractivity contribution is 9.10. The summed E-state index contributed by atoms with van der Waals surface area (Å²) in [4.78, 5) is 0. The zero-order chi connectivity index (χ0) is 13.0. The van der Waals surface area contributed by atoms with E-state index in [9.17, 15) is 4.39 Å². The lowest BCUT2D eigenvalue weighted by Crippen LogP contribution is -2.04. The highest BCUT2D eigenvalue weighted by Crippen LogP contribution is 2.24. The molecule has 0 N–H and O–H groups in total. The van der Waals surface area contributed by atoms with Crippen molar-refractivity contribution in [3.05, 3.63) is 69.9 Å². The van der Waals surface area contributed by atoms with Crippen molar-refractivity contribution < 1.29 is 4.39 Å². The molecular formula is C15H13BrClF. The van der Waals surface area contributed by atoms with Crippen LogP contribution in [0.1, 0.15) is 17.0 Å². The van der Waals surface area contributed by atoms with Crippen molar-refractivity contribution in [1.29, 1.82) is 0 Å². The molecule has 2 aromatic carbocycles. The van der Waals surface area contributed by atoms with Crippen molar-refractivity contribution in [2.75, 3.05) is 5.88 Å². The summed E-state index contributed by atoms with van der Waals surface area (Å²) in [5.74, 6) is 0.522. The predicted octanol–water partition coefficient (Wildman–Crippen LogP) is 5.15. The smallest absolute Gasteiger partial charge is 0.123 e. The van der Waals surface area contributed by atoms with Crippen molar-refractivity contribution in [3.63, 3.8) is 0 Å². The maximum absolute atomic E-state index is 12.9. The maximum Gasteiger partial charge on any atom is 0.123 e. The summed E-state index contributed by atoms with van der Waals surface area (Å²) in [6.45, 7) is 0. The van der Waals surface area contributed by atoms with E-state index in [0.29, 0.717) is 5.88 Å². The van der Waals surface area contributed by atoms with Crippen LogP contribution in [0.5, 0.6) is 0 Å². The Kier molecular flexibility index (Phi) is 4.79. The van der Waals surface area contributed by atoms with Crippen LogP contribution in [0.15, 0.2) is 53.0 Å². The number of alkyl halides is 1. The highest BCUT2D eigenvalue weighted by atomic mass is 79.9. The van der Waals surface area contributed by atoms with Gasteiger partial charge in [0, 0.05) is 16.3 Å². The molecule has 1 atom stereocenters. The van der Waals surface area contributed by atoms with Crippen molar-refractivity contribution in [3.8, 4) is 0 Å². The third-order valence-electron chi connectivity index (χ3n) is 2.90. The second kappa shape index (κ2) is 6.35. The molecule has 1 unspecified atom stereocenters. The van der Waals surface area contributed by atoms with Gasteiger partial charge in [0.05, 0.1) is 0 Å². The predicted molar refractivity (Wildman–Crippen MR) is 77.7 cm³/mol. The molecule has 0 aliphatic carbocycles. The second-order valence-corrected chi connectivity index (χ2v) is 5.46. The summed E-state index contributed by atoms with van der Waals surface area (Å²) in [6.07, 6.45) is 0.856. The van der Waals surface area contributed by atoms with Gasteiger partial charge in [0.1, 0.15) is 5.82 Å². The van der Waals surface area contributed by atoms with E-state index in [0.717, 1.165) is 16.5 Å². The Labute approximate surface area is 120 Å². The van der Waals surface area contributed by atoms with E-state index in [1.165, 1.54) is 17.7 Å². The average Bonchev–Trinajstić information content (AvgIpc) is 2.37. The molecule has 0 radical (unpaired) electrons. The van der Waals surface area contributed by atoms with Crippen LogP contribution >= 0.6 is 27.5 Å². The number of halogens is 3. The number of rotatable bonds is 4. The summed E-state index contributed by atoms with van der Waals surface area (Å²) in [6, 6.07) is 14.7. The van der Waals surface area contributed by atoms with Gasteiger partial charge in [0.25, 0.3) is 0 Å². The molecule has 2 aromatic rings. The van der Waals surface area contributed by atoms with Crippen LogP contribution in [0, 0.1) is 5.82 Å². The SMILES string of the molecule is Fc1ccc(C(CCl)Cc2cccc(Br)c2)cc1. The topological polar surface area (TPSA) is 0 Å². The van der Waals surface area contributed by atoms with Crippen LogP contribution in [0.2, 0.25) is 0 Å². The molecular weight excluding hydrogens is 315 g/mol. The summed E-state index contributed by atoms with van der Waals surface area (Å²) in [5, 5.41) is 0. The molecule has 3 heteroatoms. The van der Waals surface area contributed by atoms with Gasteiger partial charge in [-0.3, -0.25) is 0 Å². The Hall–Kier alpha value is -0.860. The van der Waals surface area contributed by atoms with Gasteiger partial charge in [-0.2, -0.15) is 0 Å². The molecule has 18 heavy (non-hydrogen) atoms. The van der Waals surface area contributed by atoms with E-state index in [2.05, 4.69) is 28.1 Å². The lowest BCUT2D eigenvalue weighted by Gasteiger charge is -2.14. The molecule has 0 saturated heterocycles. The summed E-state index contributed by atoms with van der Waals surface area (Å²) in [5.41, 5.74) is 2.30. The van der Waals surface area contributed by atoms with Gasteiger partial charge in [-0.1, -0.05) is 40.2 Å². The fourth-order valence-electron chi connectivity index (χ4n) is 1.94. The van der Waals surface area contributed by atoms with Crippen LogP contribution < -0.4 is 0 Å². The first kappa shape index (κ1) is 13.6. The van der Waals surface area contributed by atoms with Crippen molar-refractivity contribution >= 4 is 27.5 Å². The van der Waals surface area contributed by atoms with Gasteiger partial charge >= 0.3 is 0 Å². The first-order valence-electron chi connectivity index (χ1n) is 5.75. The van der Waals surface area contributed by atoms with E-state index >= 15 is 0 Å². The van der Waals surface area contributed by atoms with Crippen LogP contribution in [0.3, 0.4) is 0 Å². The van der Waals surface area contributed by atoms with Gasteiger partial charge in [-0.05, 0) is 41.8 Å². The zero-order valence-corrected chi connectivity index (χ0v) is 12.1. The first-order chi connectivity index (χ1) is 8.69. The Balaban J connectivity index is 2.17. The lowest BCUT2D eigenvalue weighted by molar-refractivity contribution is 0.625. The Morgan fingerprint density at radius 1 is 1.11 bits per heavy atom. The van der Waals surface area contributed by atoms with E-state index < -0.39 is 0 Å². The second-order valence-electron chi connectivity index (χ2n) is 4.24. The van der Waals surface area contributed by atoms with Crippen LogP contribution in [0.4, 0.5) is 4.39 Å². The third-order valence-corrected chi connectivity index (χ3v) is 3.76. The molecule has 2 rings (SSSR count). The monoisotopic (exact) mass is 326 g/mol. The van der Waals surface area contributed by atoms with Gasteiger partial charge in [0.15, 0.2) is 0 Å². The molecule has 0 bridgehead atoms. The highest BCUT2D eigenvalue weighted by Gasteiger charge is 2.11. The number of benzene rings is 2. The zero-order valence-electron chi connectivity index (χ0n) is 9.74. The van der Waals surface area contributed by atoms with Gasteiger partial charge in [0.2, 0.25) is 0 Å². The maximum atomic E-state index is 12.9. The van der Waals surface area contributed by atoms with Gasteiger partial charge in [-0.15, -0.1) is 11.6 Å². The summed E-state index contributed by atoms with van der Waals surface area (Å²) in [7, 11) is 0. The first-order valence-corrected chi connectivity index (χ1v) is 7.07. The quantitative estimate of drug-likeness (QED) is 0.681. The standard InChI is InChI=1S/C15H13BrClF/c16-14-3-1-2-11(9-14)8-13(10-17)12-4-6-15(18)7-5-12/h1-7,9,13H,8,10H2. The minimum absolute atomic E-state index is 0.210. The molecule has 0 spiro atoms. The van der Waals surface area contributed by atoms with Crippen LogP contribution in [-0.2, 0) is 6.42 Å². The van der Waals surface area contributed by atoms with E-state index in [4.69, 9.17) is 11.6 Å². The fourth-order valence-corrected chi connectivity index (χ4v) is 2.68. The van der Waals surface area contributed by atoms with Crippen LogP contribution in [0.25, 0.3) is 0 Å². The molecule has 0 saturated carbocycles. The third kappa shape index (κ3) is 3.56. The van der Waals surface area contributed by atoms with Crippen molar-refractivity contribution in [2.24, 2.45) is 0 Å². The van der Waals surface area contributed by atoms with Crippen molar-refractivity contribution in [2.45, 2.75) is 12.3 Å². The van der Waals surface area contributed by atoms with Crippen LogP contribution in [-0.4, -0.2) is 5.88 Å². The molecule has 0 nitrogen and oxygen atoms in total. The van der Waals surface area contributed by atoms with E-state index in [1.54, 1.807) is 12.1 Å². The lowest BCUT2D eigenvalue weighted by atomic mass is 9.93. The molecule has 0 aromatic heterocycles.